The number of aliphatic hydroxyl groups excluding tert-OH is 1. The summed E-state index contributed by atoms with van der Waals surface area (Å²) in [6, 6.07) is 10.5. The van der Waals surface area contributed by atoms with Crippen molar-refractivity contribution >= 4 is 5.91 Å². The molecule has 1 aromatic heterocycles. The van der Waals surface area contributed by atoms with Crippen molar-refractivity contribution in [2.24, 2.45) is 0 Å². The van der Waals surface area contributed by atoms with Gasteiger partial charge in [0.1, 0.15) is 6.61 Å². The number of aromatic nitrogens is 2. The van der Waals surface area contributed by atoms with Gasteiger partial charge in [0.05, 0.1) is 17.8 Å². The van der Waals surface area contributed by atoms with E-state index in [-0.39, 0.29) is 12.5 Å². The quantitative estimate of drug-likeness (QED) is 0.805. The average Bonchev–Trinajstić information content (AvgIpc) is 2.52. The zero-order chi connectivity index (χ0) is 14.2. The number of hydrogen-bond acceptors (Lipinski definition) is 4. The molecule has 100 valence electrons. The molecular formula is C15H13N3O2. The number of nitrogens with one attached hydrogen (secondary N) is 1. The molecule has 5 heteroatoms. The van der Waals surface area contributed by atoms with E-state index in [1.807, 2.05) is 0 Å². The van der Waals surface area contributed by atoms with Crippen LogP contribution in [0.3, 0.4) is 0 Å². The monoisotopic (exact) mass is 267 g/mol. The van der Waals surface area contributed by atoms with Gasteiger partial charge < -0.3 is 10.4 Å². The molecular weight excluding hydrogens is 254 g/mol. The summed E-state index contributed by atoms with van der Waals surface area (Å²) in [7, 11) is 0. The number of benzene rings is 1. The van der Waals surface area contributed by atoms with Crippen LogP contribution in [0.4, 0.5) is 0 Å². The van der Waals surface area contributed by atoms with Crippen molar-refractivity contribution in [1.29, 1.82) is 0 Å². The van der Waals surface area contributed by atoms with Gasteiger partial charge in [-0.2, -0.15) is 10.2 Å². The molecule has 0 aliphatic carbocycles. The fourth-order valence-corrected chi connectivity index (χ4v) is 1.62. The first kappa shape index (κ1) is 13.7. The maximum absolute atomic E-state index is 12.1. The maximum Gasteiger partial charge on any atom is 0.252 e. The van der Waals surface area contributed by atoms with E-state index in [4.69, 9.17) is 5.11 Å². The van der Waals surface area contributed by atoms with Crippen LogP contribution in [0.25, 0.3) is 0 Å². The van der Waals surface area contributed by atoms with Crippen LogP contribution in [0.15, 0.2) is 42.6 Å². The minimum atomic E-state index is -0.241. The molecule has 0 radical (unpaired) electrons. The van der Waals surface area contributed by atoms with E-state index in [1.54, 1.807) is 42.6 Å². The SMILES string of the molecule is O=C(NCc1cccnn1)c1ccccc1C#CCO. The Labute approximate surface area is 116 Å². The maximum atomic E-state index is 12.1. The van der Waals surface area contributed by atoms with Crippen LogP contribution in [-0.4, -0.2) is 27.8 Å². The third-order valence-corrected chi connectivity index (χ3v) is 2.53. The molecule has 2 rings (SSSR count). The van der Waals surface area contributed by atoms with E-state index in [2.05, 4.69) is 27.4 Å². The van der Waals surface area contributed by atoms with Gasteiger partial charge in [-0.1, -0.05) is 24.0 Å². The Balaban J connectivity index is 2.09. The summed E-state index contributed by atoms with van der Waals surface area (Å²) in [5.74, 6) is 5.05. The predicted molar refractivity (Wildman–Crippen MR) is 73.6 cm³/mol. The van der Waals surface area contributed by atoms with Crippen molar-refractivity contribution in [3.8, 4) is 11.8 Å². The summed E-state index contributed by atoms with van der Waals surface area (Å²) in [6.45, 7) is 0.0595. The Kier molecular flexibility index (Phi) is 4.81. The number of carbonyl (C=O) groups is 1. The zero-order valence-electron chi connectivity index (χ0n) is 10.7. The van der Waals surface area contributed by atoms with E-state index in [9.17, 15) is 4.79 Å². The van der Waals surface area contributed by atoms with Gasteiger partial charge in [-0.25, -0.2) is 0 Å². The van der Waals surface area contributed by atoms with Crippen LogP contribution in [0.2, 0.25) is 0 Å². The van der Waals surface area contributed by atoms with Gasteiger partial charge in [-0.15, -0.1) is 0 Å². The molecule has 20 heavy (non-hydrogen) atoms. The number of rotatable bonds is 3. The Hall–Kier alpha value is -2.71. The molecule has 0 spiro atoms. The van der Waals surface area contributed by atoms with Crippen molar-refractivity contribution in [2.75, 3.05) is 6.61 Å². The van der Waals surface area contributed by atoms with Gasteiger partial charge in [0.15, 0.2) is 0 Å². The fourth-order valence-electron chi connectivity index (χ4n) is 1.62. The number of amides is 1. The van der Waals surface area contributed by atoms with E-state index in [0.29, 0.717) is 23.4 Å². The van der Waals surface area contributed by atoms with Crippen LogP contribution in [0.1, 0.15) is 21.6 Å². The molecule has 1 aromatic carbocycles. The van der Waals surface area contributed by atoms with Gasteiger partial charge >= 0.3 is 0 Å². The molecule has 2 N–H and O–H groups in total. The number of aliphatic hydroxyl groups is 1. The first-order chi connectivity index (χ1) is 9.81. The topological polar surface area (TPSA) is 75.1 Å². The smallest absolute Gasteiger partial charge is 0.252 e. The third kappa shape index (κ3) is 3.64. The van der Waals surface area contributed by atoms with Crippen molar-refractivity contribution in [3.05, 3.63) is 59.4 Å². The lowest BCUT2D eigenvalue weighted by molar-refractivity contribution is 0.0950. The van der Waals surface area contributed by atoms with Crippen LogP contribution in [0.5, 0.6) is 0 Å². The fraction of sp³-hybridized carbons (Fsp3) is 0.133. The second-order valence-electron chi connectivity index (χ2n) is 3.90. The first-order valence-electron chi connectivity index (χ1n) is 6.05. The summed E-state index contributed by atoms with van der Waals surface area (Å²) in [5.41, 5.74) is 1.73. The van der Waals surface area contributed by atoms with Gasteiger partial charge in [0.2, 0.25) is 0 Å². The summed E-state index contributed by atoms with van der Waals surface area (Å²) < 4.78 is 0. The molecule has 0 bridgehead atoms. The van der Waals surface area contributed by atoms with Crippen molar-refractivity contribution < 1.29 is 9.90 Å². The van der Waals surface area contributed by atoms with Gasteiger partial charge in [-0.3, -0.25) is 4.79 Å². The molecule has 2 aromatic rings. The molecule has 0 unspecified atom stereocenters. The summed E-state index contributed by atoms with van der Waals surface area (Å²) in [5, 5.41) is 19.1. The number of hydrogen-bond donors (Lipinski definition) is 2. The Morgan fingerprint density at radius 2 is 2.10 bits per heavy atom. The lowest BCUT2D eigenvalue weighted by Gasteiger charge is -2.06. The lowest BCUT2D eigenvalue weighted by atomic mass is 10.1. The minimum Gasteiger partial charge on any atom is -0.384 e. The second-order valence-corrected chi connectivity index (χ2v) is 3.90. The van der Waals surface area contributed by atoms with Crippen molar-refractivity contribution in [1.82, 2.24) is 15.5 Å². The van der Waals surface area contributed by atoms with E-state index in [1.165, 1.54) is 0 Å². The number of carbonyl (C=O) groups excluding carboxylic acids is 1. The minimum absolute atomic E-state index is 0.238. The van der Waals surface area contributed by atoms with E-state index < -0.39 is 0 Å². The molecule has 1 amide bonds. The normalized spacial score (nSPS) is 9.45. The molecule has 5 nitrogen and oxygen atoms in total. The molecule has 0 saturated carbocycles. The van der Waals surface area contributed by atoms with Gasteiger partial charge in [0.25, 0.3) is 5.91 Å². The van der Waals surface area contributed by atoms with E-state index >= 15 is 0 Å². The third-order valence-electron chi connectivity index (χ3n) is 2.53. The average molecular weight is 267 g/mol. The molecule has 0 aliphatic rings. The summed E-state index contributed by atoms with van der Waals surface area (Å²) in [4.78, 5) is 12.1. The van der Waals surface area contributed by atoms with Crippen molar-refractivity contribution in [3.63, 3.8) is 0 Å². The standard InChI is InChI=1S/C15H13N3O2/c19-10-4-6-12-5-1-2-8-14(12)15(20)16-11-13-7-3-9-17-18-13/h1-3,5,7-9,19H,10-11H2,(H,16,20). The Morgan fingerprint density at radius 1 is 1.25 bits per heavy atom. The molecule has 0 saturated heterocycles. The highest BCUT2D eigenvalue weighted by molar-refractivity contribution is 5.96. The largest absolute Gasteiger partial charge is 0.384 e. The van der Waals surface area contributed by atoms with Crippen LogP contribution >= 0.6 is 0 Å². The lowest BCUT2D eigenvalue weighted by Crippen LogP contribution is -2.24. The highest BCUT2D eigenvalue weighted by atomic mass is 16.2. The molecule has 1 heterocycles. The zero-order valence-corrected chi connectivity index (χ0v) is 10.7. The highest BCUT2D eigenvalue weighted by Gasteiger charge is 2.09. The number of nitrogens with zero attached hydrogens (tertiary/aromatic N) is 2. The molecule has 0 atom stereocenters. The van der Waals surface area contributed by atoms with Gasteiger partial charge in [-0.05, 0) is 24.3 Å². The summed E-state index contributed by atoms with van der Waals surface area (Å²) >= 11 is 0. The highest BCUT2D eigenvalue weighted by Crippen LogP contribution is 2.07. The summed E-state index contributed by atoms with van der Waals surface area (Å²) in [6.07, 6.45) is 1.57. The molecule has 0 aliphatic heterocycles. The van der Waals surface area contributed by atoms with Crippen LogP contribution in [-0.2, 0) is 6.54 Å². The Bertz CT molecular complexity index is 645. The Morgan fingerprint density at radius 3 is 2.85 bits per heavy atom. The van der Waals surface area contributed by atoms with Crippen LogP contribution in [0, 0.1) is 11.8 Å². The van der Waals surface area contributed by atoms with Crippen molar-refractivity contribution in [2.45, 2.75) is 6.54 Å². The van der Waals surface area contributed by atoms with E-state index in [0.717, 1.165) is 0 Å². The molecule has 0 fully saturated rings. The van der Waals surface area contributed by atoms with Gasteiger partial charge in [0, 0.05) is 11.8 Å². The van der Waals surface area contributed by atoms with Crippen LogP contribution < -0.4 is 5.32 Å². The first-order valence-corrected chi connectivity index (χ1v) is 6.05. The second kappa shape index (κ2) is 7.02. The predicted octanol–water partition coefficient (Wildman–Crippen LogP) is 0.750.